The van der Waals surface area contributed by atoms with Crippen molar-refractivity contribution in [3.8, 4) is 0 Å². The van der Waals surface area contributed by atoms with Crippen molar-refractivity contribution in [2.45, 2.75) is 4.90 Å². The van der Waals surface area contributed by atoms with E-state index in [4.69, 9.17) is 0 Å². The number of nitrogens with zero attached hydrogens (tertiary/aromatic N) is 3. The number of hydrogen-bond acceptors (Lipinski definition) is 5. The molecule has 4 rings (SSSR count). The Labute approximate surface area is 148 Å². The number of benzene rings is 2. The number of aromatic amines is 1. The number of anilines is 1. The maximum Gasteiger partial charge on any atom is 0.276 e. The molecule has 1 aliphatic heterocycles. The Kier molecular flexibility index (Phi) is 3.71. The number of rotatable bonds is 4. The molecule has 0 spiro atoms. The van der Waals surface area contributed by atoms with Crippen molar-refractivity contribution >= 4 is 44.4 Å². The summed E-state index contributed by atoms with van der Waals surface area (Å²) in [6.07, 6.45) is 1.61. The van der Waals surface area contributed by atoms with Crippen LogP contribution in [0.3, 0.4) is 0 Å². The molecule has 26 heavy (non-hydrogen) atoms. The molecule has 2 heterocycles. The van der Waals surface area contributed by atoms with Crippen molar-refractivity contribution in [2.75, 3.05) is 12.4 Å². The molecule has 3 N–H and O–H groups in total. The molecule has 1 aliphatic rings. The second-order valence-corrected chi connectivity index (χ2v) is 7.41. The summed E-state index contributed by atoms with van der Waals surface area (Å²) in [4.78, 5) is 12.7. The van der Waals surface area contributed by atoms with Crippen molar-refractivity contribution in [3.05, 3.63) is 47.7 Å². The monoisotopic (exact) mass is 369 g/mol. The zero-order valence-corrected chi connectivity index (χ0v) is 14.3. The first-order chi connectivity index (χ1) is 12.5. The van der Waals surface area contributed by atoms with Crippen LogP contribution in [0.5, 0.6) is 0 Å². The van der Waals surface area contributed by atoms with Crippen LogP contribution >= 0.6 is 0 Å². The number of aromatic nitrogens is 2. The highest BCUT2D eigenvalue weighted by Crippen LogP contribution is 2.28. The predicted molar refractivity (Wildman–Crippen MR) is 96.1 cm³/mol. The Hall–Kier alpha value is -3.24. The summed E-state index contributed by atoms with van der Waals surface area (Å²) in [5.41, 5.74) is 6.85. The van der Waals surface area contributed by atoms with Gasteiger partial charge in [0.25, 0.3) is 5.91 Å². The number of nitrogens with one attached hydrogen (secondary N) is 3. The summed E-state index contributed by atoms with van der Waals surface area (Å²) in [6, 6.07) is 9.38. The van der Waals surface area contributed by atoms with Crippen molar-refractivity contribution < 1.29 is 13.2 Å². The summed E-state index contributed by atoms with van der Waals surface area (Å²) >= 11 is 0. The number of sulfonamides is 1. The van der Waals surface area contributed by atoms with Crippen molar-refractivity contribution in [1.82, 2.24) is 20.3 Å². The first kappa shape index (κ1) is 16.2. The van der Waals surface area contributed by atoms with Crippen LogP contribution < -0.4 is 15.5 Å². The molecule has 0 unspecified atom stereocenters. The van der Waals surface area contributed by atoms with E-state index >= 15 is 0 Å². The molecule has 2 aromatic carbocycles. The molecular formula is C16H13N6O3S. The third-order valence-corrected chi connectivity index (χ3v) is 5.45. The molecule has 10 heteroatoms. The lowest BCUT2D eigenvalue weighted by Gasteiger charge is -2.06. The number of carbonyl (C=O) groups is 1. The van der Waals surface area contributed by atoms with Crippen LogP contribution in [-0.2, 0) is 10.0 Å². The first-order valence-electron chi connectivity index (χ1n) is 7.60. The molecule has 0 aliphatic carbocycles. The highest BCUT2D eigenvalue weighted by molar-refractivity contribution is 7.89. The van der Waals surface area contributed by atoms with Gasteiger partial charge in [0.05, 0.1) is 22.3 Å². The molecule has 9 nitrogen and oxygen atoms in total. The van der Waals surface area contributed by atoms with Crippen molar-refractivity contribution in [2.24, 2.45) is 5.10 Å². The summed E-state index contributed by atoms with van der Waals surface area (Å²) in [5.74, 6) is -0.410. The van der Waals surface area contributed by atoms with Gasteiger partial charge in [-0.1, -0.05) is 0 Å². The minimum Gasteiger partial charge on any atom is -0.321 e. The maximum absolute atomic E-state index is 12.5. The van der Waals surface area contributed by atoms with E-state index in [1.54, 1.807) is 18.3 Å². The van der Waals surface area contributed by atoms with E-state index in [1.165, 1.54) is 31.3 Å². The van der Waals surface area contributed by atoms with Crippen LogP contribution in [0.1, 0.15) is 16.1 Å². The minimum atomic E-state index is -3.52. The molecule has 1 radical (unpaired) electrons. The van der Waals surface area contributed by atoms with Gasteiger partial charge in [-0.3, -0.25) is 9.89 Å². The quantitative estimate of drug-likeness (QED) is 0.640. The number of H-pyrrole nitrogens is 1. The molecular weight excluding hydrogens is 356 g/mol. The smallest absolute Gasteiger partial charge is 0.276 e. The first-order valence-corrected chi connectivity index (χ1v) is 9.08. The number of amides is 1. The van der Waals surface area contributed by atoms with Gasteiger partial charge >= 0.3 is 0 Å². The minimum absolute atomic E-state index is 0.113. The Morgan fingerprint density at radius 2 is 1.88 bits per heavy atom. The Morgan fingerprint density at radius 3 is 2.62 bits per heavy atom. The molecule has 0 bridgehead atoms. The van der Waals surface area contributed by atoms with Crippen LogP contribution in [0.15, 0.2) is 46.4 Å². The van der Waals surface area contributed by atoms with E-state index in [1.807, 2.05) is 0 Å². The van der Waals surface area contributed by atoms with Crippen LogP contribution in [0, 0.1) is 0 Å². The fourth-order valence-corrected chi connectivity index (χ4v) is 3.39. The highest BCUT2D eigenvalue weighted by atomic mass is 32.2. The third kappa shape index (κ3) is 2.61. The van der Waals surface area contributed by atoms with Crippen molar-refractivity contribution in [3.63, 3.8) is 0 Å². The van der Waals surface area contributed by atoms with E-state index in [0.717, 1.165) is 11.3 Å². The number of carbonyl (C=O) groups excluding carboxylic acids is 1. The van der Waals surface area contributed by atoms with E-state index in [2.05, 4.69) is 30.8 Å². The normalized spacial score (nSPS) is 12.8. The lowest BCUT2D eigenvalue weighted by molar-refractivity contribution is 0.102. The van der Waals surface area contributed by atoms with E-state index in [9.17, 15) is 13.2 Å². The van der Waals surface area contributed by atoms with Crippen LogP contribution in [0.25, 0.3) is 10.9 Å². The molecule has 131 valence electrons. The van der Waals surface area contributed by atoms with Gasteiger partial charge < -0.3 is 5.32 Å². The predicted octanol–water partition coefficient (Wildman–Crippen LogP) is 1.31. The fourth-order valence-electron chi connectivity index (χ4n) is 2.66. The van der Waals surface area contributed by atoms with Gasteiger partial charge in [0.2, 0.25) is 10.0 Å². The average molecular weight is 369 g/mol. The largest absolute Gasteiger partial charge is 0.321 e. The standard InChI is InChI=1S/C16H13N6O3S/c1-17-26(24,25)10-4-2-9(3-5-10)19-16(23)15-11-6-7-13-12(8-18-20-13)14(11)21-22-15/h2-8,17H,1H3,(H,19,23)(H,21,22). The molecule has 1 amide bonds. The Balaban J connectivity index is 1.61. The topological polar surface area (TPSA) is 130 Å². The van der Waals surface area contributed by atoms with Crippen LogP contribution in [0.2, 0.25) is 0 Å². The second-order valence-electron chi connectivity index (χ2n) is 5.52. The van der Waals surface area contributed by atoms with Crippen LogP contribution in [0.4, 0.5) is 11.4 Å². The number of hydrogen-bond donors (Lipinski definition) is 3. The van der Waals surface area contributed by atoms with Crippen molar-refractivity contribution in [1.29, 1.82) is 0 Å². The summed E-state index contributed by atoms with van der Waals surface area (Å²) in [6.45, 7) is 0. The Bertz CT molecular complexity index is 1150. The maximum atomic E-state index is 12.5. The lowest BCUT2D eigenvalue weighted by Crippen LogP contribution is -2.18. The molecule has 0 saturated heterocycles. The van der Waals surface area contributed by atoms with E-state index < -0.39 is 15.9 Å². The number of fused-ring (bicyclic) bond motifs is 3. The molecule has 0 saturated carbocycles. The summed E-state index contributed by atoms with van der Waals surface area (Å²) < 4.78 is 25.7. The SMILES string of the molecule is CNS(=O)(=O)c1ccc(NC(=O)c2n[nH]c3c4c(ccc23)[N]N=C4)cc1. The van der Waals surface area contributed by atoms with E-state index in [-0.39, 0.29) is 10.6 Å². The lowest BCUT2D eigenvalue weighted by atomic mass is 10.1. The zero-order valence-electron chi connectivity index (χ0n) is 13.5. The van der Waals surface area contributed by atoms with Gasteiger partial charge in [0.1, 0.15) is 0 Å². The van der Waals surface area contributed by atoms with Gasteiger partial charge in [-0.25, -0.2) is 13.1 Å². The van der Waals surface area contributed by atoms with Gasteiger partial charge in [-0.15, -0.1) is 0 Å². The highest BCUT2D eigenvalue weighted by Gasteiger charge is 2.20. The Morgan fingerprint density at radius 1 is 1.12 bits per heavy atom. The molecule has 0 fully saturated rings. The second kappa shape index (κ2) is 5.93. The zero-order chi connectivity index (χ0) is 18.3. The summed E-state index contributed by atoms with van der Waals surface area (Å²) in [7, 11) is -2.19. The van der Waals surface area contributed by atoms with Gasteiger partial charge in [-0.2, -0.15) is 15.6 Å². The van der Waals surface area contributed by atoms with Gasteiger partial charge in [-0.05, 0) is 43.4 Å². The molecule has 1 aromatic heterocycles. The fraction of sp³-hybridized carbons (Fsp3) is 0.0625. The molecule has 0 atom stereocenters. The van der Waals surface area contributed by atoms with Gasteiger partial charge in [0, 0.05) is 16.6 Å². The molecule has 3 aromatic rings. The summed E-state index contributed by atoms with van der Waals surface area (Å²) in [5, 5.41) is 14.1. The third-order valence-electron chi connectivity index (χ3n) is 4.02. The average Bonchev–Trinajstić information content (AvgIpc) is 3.28. The van der Waals surface area contributed by atoms with Gasteiger partial charge in [0.15, 0.2) is 5.69 Å². The van der Waals surface area contributed by atoms with Crippen LogP contribution in [-0.4, -0.2) is 37.8 Å². The van der Waals surface area contributed by atoms with E-state index in [0.29, 0.717) is 16.6 Å².